The Bertz CT molecular complexity index is 672. The van der Waals surface area contributed by atoms with Gasteiger partial charge in [0.25, 0.3) is 0 Å². The Hall–Kier alpha value is -2.28. The molecule has 18 heavy (non-hydrogen) atoms. The van der Waals surface area contributed by atoms with Gasteiger partial charge in [-0.05, 0) is 23.1 Å². The van der Waals surface area contributed by atoms with Crippen molar-refractivity contribution >= 4 is 10.8 Å². The van der Waals surface area contributed by atoms with Gasteiger partial charge in [0.1, 0.15) is 5.75 Å². The van der Waals surface area contributed by atoms with Gasteiger partial charge in [0.2, 0.25) is 0 Å². The second-order valence-electron chi connectivity index (χ2n) is 4.37. The van der Waals surface area contributed by atoms with Gasteiger partial charge in [0, 0.05) is 17.4 Å². The van der Waals surface area contributed by atoms with Crippen LogP contribution in [-0.2, 0) is 6.42 Å². The summed E-state index contributed by atoms with van der Waals surface area (Å²) in [5.41, 5.74) is 2.03. The first kappa shape index (κ1) is 10.8. The number of hydrogen-bond donors (Lipinski definition) is 1. The van der Waals surface area contributed by atoms with Crippen LogP contribution in [0.3, 0.4) is 0 Å². The third-order valence-electron chi connectivity index (χ3n) is 3.13. The molecule has 3 rings (SSSR count). The Morgan fingerprint density at radius 3 is 2.44 bits per heavy atom. The number of hydrogen-bond acceptors (Lipinski definition) is 1. The van der Waals surface area contributed by atoms with Crippen LogP contribution < -0.4 is 0 Å². The third-order valence-corrected chi connectivity index (χ3v) is 3.13. The van der Waals surface area contributed by atoms with Crippen molar-refractivity contribution in [3.05, 3.63) is 77.9 Å². The highest BCUT2D eigenvalue weighted by atomic mass is 16.3. The van der Waals surface area contributed by atoms with Crippen molar-refractivity contribution in [3.8, 4) is 5.75 Å². The van der Waals surface area contributed by atoms with Gasteiger partial charge in [-0.25, -0.2) is 0 Å². The molecule has 0 atom stereocenters. The van der Waals surface area contributed by atoms with Gasteiger partial charge in [-0.1, -0.05) is 54.6 Å². The third kappa shape index (κ3) is 1.95. The van der Waals surface area contributed by atoms with Crippen LogP contribution in [0.4, 0.5) is 0 Å². The van der Waals surface area contributed by atoms with Gasteiger partial charge < -0.3 is 5.11 Å². The summed E-state index contributed by atoms with van der Waals surface area (Å²) in [5, 5.41) is 12.2. The first-order valence-electron chi connectivity index (χ1n) is 6.00. The Labute approximate surface area is 106 Å². The number of fused-ring (bicyclic) bond motifs is 1. The van der Waals surface area contributed by atoms with Gasteiger partial charge >= 0.3 is 0 Å². The molecule has 0 amide bonds. The van der Waals surface area contributed by atoms with E-state index in [1.807, 2.05) is 48.5 Å². The molecule has 0 aliphatic rings. The minimum atomic E-state index is 0.344. The number of phenolic OH excluding ortho intramolecular Hbond substituents is 1. The average Bonchev–Trinajstić information content (AvgIpc) is 2.43. The highest BCUT2D eigenvalue weighted by molar-refractivity contribution is 5.89. The van der Waals surface area contributed by atoms with E-state index < -0.39 is 0 Å². The van der Waals surface area contributed by atoms with Gasteiger partial charge in [-0.15, -0.1) is 0 Å². The molecule has 3 aromatic carbocycles. The molecule has 1 nitrogen and oxygen atoms in total. The lowest BCUT2D eigenvalue weighted by molar-refractivity contribution is 0.476. The Kier molecular flexibility index (Phi) is 2.73. The van der Waals surface area contributed by atoms with Crippen LogP contribution in [0.5, 0.6) is 5.75 Å². The quantitative estimate of drug-likeness (QED) is 0.711. The van der Waals surface area contributed by atoms with Gasteiger partial charge in [0.15, 0.2) is 0 Å². The van der Waals surface area contributed by atoms with Crippen LogP contribution in [-0.4, -0.2) is 5.11 Å². The fourth-order valence-electron chi connectivity index (χ4n) is 2.17. The van der Waals surface area contributed by atoms with Gasteiger partial charge in [0.05, 0.1) is 0 Å². The molecule has 3 aromatic rings. The van der Waals surface area contributed by atoms with Gasteiger partial charge in [-0.2, -0.15) is 0 Å². The van der Waals surface area contributed by atoms with E-state index in [1.54, 1.807) is 0 Å². The maximum absolute atomic E-state index is 10.3. The number of aromatic hydroxyl groups is 1. The second-order valence-corrected chi connectivity index (χ2v) is 4.37. The smallest absolute Gasteiger partial charge is 0.127 e. The fraction of sp³-hybridized carbons (Fsp3) is 0.0588. The molecule has 0 fully saturated rings. The molecule has 1 N–H and O–H groups in total. The lowest BCUT2D eigenvalue weighted by Gasteiger charge is -2.07. The van der Waals surface area contributed by atoms with Crippen molar-refractivity contribution in [2.24, 2.45) is 0 Å². The summed E-state index contributed by atoms with van der Waals surface area (Å²) in [6.45, 7) is 0. The molecule has 0 aliphatic carbocycles. The first-order chi connectivity index (χ1) is 8.84. The van der Waals surface area contributed by atoms with Crippen molar-refractivity contribution in [1.29, 1.82) is 0 Å². The molecule has 1 heteroatoms. The number of phenols is 1. The fourth-order valence-corrected chi connectivity index (χ4v) is 2.17. The minimum Gasteiger partial charge on any atom is -0.507 e. The summed E-state index contributed by atoms with van der Waals surface area (Å²) in [4.78, 5) is 0. The second kappa shape index (κ2) is 4.53. The topological polar surface area (TPSA) is 20.2 Å². The van der Waals surface area contributed by atoms with Gasteiger partial charge in [-0.3, -0.25) is 0 Å². The van der Waals surface area contributed by atoms with Crippen molar-refractivity contribution in [1.82, 2.24) is 0 Å². The Morgan fingerprint density at radius 1 is 0.889 bits per heavy atom. The van der Waals surface area contributed by atoms with Crippen LogP contribution in [0.1, 0.15) is 11.1 Å². The van der Waals surface area contributed by atoms with Crippen LogP contribution in [0.25, 0.3) is 10.8 Å². The Morgan fingerprint density at radius 2 is 1.61 bits per heavy atom. The van der Waals surface area contributed by atoms with Crippen molar-refractivity contribution in [2.75, 3.05) is 0 Å². The van der Waals surface area contributed by atoms with Crippen molar-refractivity contribution in [3.63, 3.8) is 0 Å². The molecule has 0 saturated heterocycles. The van der Waals surface area contributed by atoms with E-state index in [0.29, 0.717) is 12.2 Å². The molecule has 0 bridgehead atoms. The largest absolute Gasteiger partial charge is 0.507 e. The summed E-state index contributed by atoms with van der Waals surface area (Å²) < 4.78 is 0. The minimum absolute atomic E-state index is 0.344. The highest BCUT2D eigenvalue weighted by Gasteiger charge is 2.06. The maximum Gasteiger partial charge on any atom is 0.127 e. The predicted molar refractivity (Wildman–Crippen MR) is 73.7 cm³/mol. The predicted octanol–water partition coefficient (Wildman–Crippen LogP) is 3.94. The number of rotatable bonds is 2. The Balaban J connectivity index is 2.05. The van der Waals surface area contributed by atoms with Crippen molar-refractivity contribution in [2.45, 2.75) is 6.42 Å². The monoisotopic (exact) mass is 233 g/mol. The molecule has 0 unspecified atom stereocenters. The normalized spacial score (nSPS) is 10.7. The molecule has 0 heterocycles. The van der Waals surface area contributed by atoms with Crippen LogP contribution in [0, 0.1) is 6.07 Å². The zero-order valence-corrected chi connectivity index (χ0v) is 9.93. The number of benzene rings is 3. The van der Waals surface area contributed by atoms with Crippen LogP contribution >= 0.6 is 0 Å². The van der Waals surface area contributed by atoms with E-state index in [1.165, 1.54) is 5.56 Å². The standard InChI is InChI=1S/C17H13O/c18-17-15(12-13-6-2-1-3-7-13)11-10-14-8-4-5-9-16(14)17/h1-10,18H,12H2. The summed E-state index contributed by atoms with van der Waals surface area (Å²) >= 11 is 0. The summed E-state index contributed by atoms with van der Waals surface area (Å²) in [7, 11) is 0. The van der Waals surface area contributed by atoms with E-state index >= 15 is 0 Å². The molecular weight excluding hydrogens is 220 g/mol. The zero-order chi connectivity index (χ0) is 12.4. The van der Waals surface area contributed by atoms with E-state index in [0.717, 1.165) is 16.3 Å². The van der Waals surface area contributed by atoms with E-state index in [-0.39, 0.29) is 0 Å². The van der Waals surface area contributed by atoms with E-state index in [2.05, 4.69) is 18.2 Å². The molecule has 1 radical (unpaired) electrons. The first-order valence-corrected chi connectivity index (χ1v) is 6.00. The zero-order valence-electron chi connectivity index (χ0n) is 9.93. The molecular formula is C17H13O. The lowest BCUT2D eigenvalue weighted by atomic mass is 10.00. The molecule has 87 valence electrons. The van der Waals surface area contributed by atoms with E-state index in [9.17, 15) is 5.11 Å². The highest BCUT2D eigenvalue weighted by Crippen LogP contribution is 2.29. The van der Waals surface area contributed by atoms with Crippen molar-refractivity contribution < 1.29 is 5.11 Å². The summed E-state index contributed by atoms with van der Waals surface area (Å²) in [6, 6.07) is 23.1. The molecule has 0 spiro atoms. The van der Waals surface area contributed by atoms with Crippen LogP contribution in [0.2, 0.25) is 0 Å². The summed E-state index contributed by atoms with van der Waals surface area (Å²) in [5.74, 6) is 0.344. The average molecular weight is 233 g/mol. The molecule has 0 aromatic heterocycles. The van der Waals surface area contributed by atoms with Crippen LogP contribution in [0.15, 0.2) is 60.7 Å². The maximum atomic E-state index is 10.3. The summed E-state index contributed by atoms with van der Waals surface area (Å²) in [6.07, 6.45) is 0.706. The SMILES string of the molecule is Oc1c(Cc2ccccc2)[c]cc2ccccc12. The molecule has 0 aliphatic heterocycles. The lowest BCUT2D eigenvalue weighted by Crippen LogP contribution is -1.89. The van der Waals surface area contributed by atoms with E-state index in [4.69, 9.17) is 0 Å². The molecule has 0 saturated carbocycles.